The molecule has 0 aliphatic carbocycles. The summed E-state index contributed by atoms with van der Waals surface area (Å²) in [5.74, 6) is -1.01. The number of benzene rings is 1. The summed E-state index contributed by atoms with van der Waals surface area (Å²) >= 11 is 6.72. The van der Waals surface area contributed by atoms with Gasteiger partial charge in [0.25, 0.3) is 0 Å². The molecule has 5 rings (SSSR count). The average Bonchev–Trinajstić information content (AvgIpc) is 3.23. The lowest BCUT2D eigenvalue weighted by molar-refractivity contribution is -0.134. The number of carbonyl (C=O) groups is 2. The molecule has 1 unspecified atom stereocenters. The highest BCUT2D eigenvalue weighted by atomic mass is 35.5. The normalized spacial score (nSPS) is 19.7. The molecule has 8 nitrogen and oxygen atoms in total. The highest BCUT2D eigenvalue weighted by Gasteiger charge is 2.31. The van der Waals surface area contributed by atoms with Crippen molar-refractivity contribution in [3.63, 3.8) is 0 Å². The lowest BCUT2D eigenvalue weighted by atomic mass is 9.90. The number of hydrogen-bond acceptors (Lipinski definition) is 6. The summed E-state index contributed by atoms with van der Waals surface area (Å²) in [4.78, 5) is 31.9. The summed E-state index contributed by atoms with van der Waals surface area (Å²) in [7, 11) is 0. The highest BCUT2D eigenvalue weighted by Crippen LogP contribution is 2.37. The number of imide groups is 1. The second-order valence-electron chi connectivity index (χ2n) is 7.69. The number of fused-ring (bicyclic) bond motifs is 1. The van der Waals surface area contributed by atoms with E-state index in [1.807, 2.05) is 23.1 Å². The number of carbonyl (C=O) groups excluding carboxylic acids is 2. The van der Waals surface area contributed by atoms with Gasteiger partial charge in [-0.3, -0.25) is 14.9 Å². The Morgan fingerprint density at radius 1 is 1.10 bits per heavy atom. The number of rotatable bonds is 3. The van der Waals surface area contributed by atoms with Gasteiger partial charge in [-0.2, -0.15) is 9.61 Å². The van der Waals surface area contributed by atoms with E-state index in [0.717, 1.165) is 11.3 Å². The number of hydrogen-bond donors (Lipinski definition) is 1. The van der Waals surface area contributed by atoms with Crippen molar-refractivity contribution in [2.45, 2.75) is 18.8 Å². The maximum absolute atomic E-state index is 14.5. The lowest BCUT2D eigenvalue weighted by Crippen LogP contribution is -2.47. The van der Waals surface area contributed by atoms with Gasteiger partial charge in [0, 0.05) is 38.7 Å². The zero-order chi connectivity index (χ0) is 21.5. The van der Waals surface area contributed by atoms with Gasteiger partial charge in [-0.05, 0) is 18.1 Å². The summed E-state index contributed by atoms with van der Waals surface area (Å²) < 4.78 is 16.0. The van der Waals surface area contributed by atoms with Gasteiger partial charge in [0.05, 0.1) is 29.0 Å². The van der Waals surface area contributed by atoms with Gasteiger partial charge in [-0.15, -0.1) is 0 Å². The summed E-state index contributed by atoms with van der Waals surface area (Å²) in [6, 6.07) is 7.37. The van der Waals surface area contributed by atoms with Crippen molar-refractivity contribution in [1.82, 2.24) is 19.9 Å². The second-order valence-corrected chi connectivity index (χ2v) is 8.07. The first kappa shape index (κ1) is 19.7. The molecule has 0 spiro atoms. The van der Waals surface area contributed by atoms with Crippen LogP contribution in [-0.2, 0) is 9.59 Å². The molecule has 4 heterocycles. The number of anilines is 2. The van der Waals surface area contributed by atoms with Crippen molar-refractivity contribution in [2.24, 2.45) is 0 Å². The molecule has 1 N–H and O–H groups in total. The first-order valence-electron chi connectivity index (χ1n) is 10.1. The lowest BCUT2D eigenvalue weighted by Gasteiger charge is -2.38. The Bertz CT molecular complexity index is 1170. The Labute approximate surface area is 182 Å². The van der Waals surface area contributed by atoms with Gasteiger partial charge in [0.15, 0.2) is 17.3 Å². The summed E-state index contributed by atoms with van der Waals surface area (Å²) in [5, 5.41) is 7.11. The minimum Gasteiger partial charge on any atom is -0.367 e. The Morgan fingerprint density at radius 2 is 1.87 bits per heavy atom. The van der Waals surface area contributed by atoms with Crippen LogP contribution in [-0.4, -0.2) is 52.6 Å². The SMILES string of the molecule is O=C1CCC(c2cccc(N3CCN(c4c(F)cnc5ccnn45)CC3)c2Cl)C(=O)N1. The molecule has 2 amide bonds. The molecule has 2 fully saturated rings. The Kier molecular flexibility index (Phi) is 4.97. The Morgan fingerprint density at radius 3 is 2.65 bits per heavy atom. The van der Waals surface area contributed by atoms with Crippen LogP contribution in [0.3, 0.4) is 0 Å². The maximum Gasteiger partial charge on any atom is 0.234 e. The van der Waals surface area contributed by atoms with Crippen LogP contribution in [0, 0.1) is 5.82 Å². The van der Waals surface area contributed by atoms with E-state index in [2.05, 4.69) is 20.3 Å². The van der Waals surface area contributed by atoms with Crippen LogP contribution < -0.4 is 15.1 Å². The van der Waals surface area contributed by atoms with Crippen molar-refractivity contribution in [3.05, 3.63) is 53.1 Å². The van der Waals surface area contributed by atoms with Crippen LogP contribution in [0.15, 0.2) is 36.7 Å². The molecule has 1 aromatic carbocycles. The van der Waals surface area contributed by atoms with Crippen LogP contribution >= 0.6 is 11.6 Å². The summed E-state index contributed by atoms with van der Waals surface area (Å²) in [5.41, 5.74) is 2.16. The van der Waals surface area contributed by atoms with E-state index >= 15 is 0 Å². The topological polar surface area (TPSA) is 82.8 Å². The fraction of sp³-hybridized carbons (Fsp3) is 0.333. The number of piperazine rings is 1. The number of piperidine rings is 1. The predicted octanol–water partition coefficient (Wildman–Crippen LogP) is 2.37. The second kappa shape index (κ2) is 7.81. The minimum atomic E-state index is -0.439. The first-order chi connectivity index (χ1) is 15.0. The van der Waals surface area contributed by atoms with Crippen LogP contribution in [0.5, 0.6) is 0 Å². The van der Waals surface area contributed by atoms with E-state index < -0.39 is 11.7 Å². The number of amides is 2. The largest absolute Gasteiger partial charge is 0.367 e. The first-order valence-corrected chi connectivity index (χ1v) is 10.5. The zero-order valence-corrected chi connectivity index (χ0v) is 17.3. The van der Waals surface area contributed by atoms with Crippen LogP contribution in [0.1, 0.15) is 24.3 Å². The van der Waals surface area contributed by atoms with Crippen LogP contribution in [0.2, 0.25) is 5.02 Å². The Hall–Kier alpha value is -3.20. The molecule has 31 heavy (non-hydrogen) atoms. The third-order valence-corrected chi connectivity index (χ3v) is 6.30. The Balaban J connectivity index is 1.36. The summed E-state index contributed by atoms with van der Waals surface area (Å²) in [6.07, 6.45) is 3.57. The van der Waals surface area contributed by atoms with Gasteiger partial charge in [0.2, 0.25) is 11.8 Å². The van der Waals surface area contributed by atoms with Crippen molar-refractivity contribution >= 4 is 40.6 Å². The van der Waals surface area contributed by atoms with Gasteiger partial charge in [-0.25, -0.2) is 9.37 Å². The van der Waals surface area contributed by atoms with Gasteiger partial charge in [-0.1, -0.05) is 23.7 Å². The molecule has 160 valence electrons. The van der Waals surface area contributed by atoms with Crippen molar-refractivity contribution in [3.8, 4) is 0 Å². The molecule has 0 bridgehead atoms. The van der Waals surface area contributed by atoms with E-state index in [0.29, 0.717) is 55.5 Å². The van der Waals surface area contributed by atoms with Crippen LogP contribution in [0.25, 0.3) is 5.65 Å². The van der Waals surface area contributed by atoms with Gasteiger partial charge < -0.3 is 9.80 Å². The molecule has 2 aliphatic heterocycles. The third-order valence-electron chi connectivity index (χ3n) is 5.89. The van der Waals surface area contributed by atoms with E-state index in [9.17, 15) is 14.0 Å². The molecule has 0 saturated carbocycles. The molecule has 2 saturated heterocycles. The summed E-state index contributed by atoms with van der Waals surface area (Å²) in [6.45, 7) is 2.41. The maximum atomic E-state index is 14.5. The monoisotopic (exact) mass is 442 g/mol. The molecule has 2 aliphatic rings. The van der Waals surface area contributed by atoms with E-state index in [-0.39, 0.29) is 11.8 Å². The molecule has 3 aromatic rings. The predicted molar refractivity (Wildman–Crippen MR) is 114 cm³/mol. The fourth-order valence-corrected chi connectivity index (χ4v) is 4.70. The number of halogens is 2. The fourth-order valence-electron chi connectivity index (χ4n) is 4.32. The van der Waals surface area contributed by atoms with Gasteiger partial charge >= 0.3 is 0 Å². The third kappa shape index (κ3) is 3.48. The standard InChI is InChI=1S/C21H20ClFN6O2/c22-19-13(14-4-5-18(30)26-20(14)31)2-1-3-16(19)27-8-10-28(11-9-27)21-15(23)12-24-17-6-7-25-29(17)21/h1-3,6-7,12,14H,4-5,8-11H2,(H,26,30,31). The van der Waals surface area contributed by atoms with Crippen molar-refractivity contribution < 1.29 is 14.0 Å². The highest BCUT2D eigenvalue weighted by molar-refractivity contribution is 6.34. The molecular formula is C21H20ClFN6O2. The van der Waals surface area contributed by atoms with Crippen LogP contribution in [0.4, 0.5) is 15.9 Å². The number of nitrogens with zero attached hydrogens (tertiary/aromatic N) is 5. The van der Waals surface area contributed by atoms with E-state index in [1.165, 1.54) is 10.7 Å². The molecular weight excluding hydrogens is 423 g/mol. The van der Waals surface area contributed by atoms with E-state index in [1.54, 1.807) is 12.3 Å². The zero-order valence-electron chi connectivity index (χ0n) is 16.6. The smallest absolute Gasteiger partial charge is 0.234 e. The van der Waals surface area contributed by atoms with Gasteiger partial charge in [0.1, 0.15) is 0 Å². The van der Waals surface area contributed by atoms with Crippen molar-refractivity contribution in [2.75, 3.05) is 36.0 Å². The average molecular weight is 443 g/mol. The minimum absolute atomic E-state index is 0.251. The molecule has 2 aromatic heterocycles. The van der Waals surface area contributed by atoms with E-state index in [4.69, 9.17) is 11.6 Å². The molecule has 10 heteroatoms. The number of aromatic nitrogens is 3. The molecule has 0 radical (unpaired) electrons. The quantitative estimate of drug-likeness (QED) is 0.627. The molecule has 1 atom stereocenters. The number of nitrogens with one attached hydrogen (secondary N) is 1. The van der Waals surface area contributed by atoms with Crippen molar-refractivity contribution in [1.29, 1.82) is 0 Å².